The van der Waals surface area contributed by atoms with Gasteiger partial charge in [0.25, 0.3) is 0 Å². The highest BCUT2D eigenvalue weighted by atomic mass is 16.7. The first kappa shape index (κ1) is 23.8. The van der Waals surface area contributed by atoms with Gasteiger partial charge in [-0.3, -0.25) is 0 Å². The Balaban J connectivity index is 5.35. The number of hydrogen-bond acceptors (Lipinski definition) is 6. The standard InChI is InChI=1S/C18H38O6/c1-4-7-10-22-16-18(23-11-8-5-2,24-12-9-6-3)17(13-19,14-20)15-21/h19-21H,4-16H2,1-3H3. The van der Waals surface area contributed by atoms with Crippen molar-refractivity contribution < 1.29 is 29.5 Å². The van der Waals surface area contributed by atoms with Crippen molar-refractivity contribution >= 4 is 0 Å². The van der Waals surface area contributed by atoms with E-state index in [-0.39, 0.29) is 6.61 Å². The smallest absolute Gasteiger partial charge is 0.204 e. The lowest BCUT2D eigenvalue weighted by molar-refractivity contribution is -0.338. The first-order chi connectivity index (χ1) is 11.6. The van der Waals surface area contributed by atoms with Crippen molar-refractivity contribution in [1.82, 2.24) is 0 Å². The van der Waals surface area contributed by atoms with Crippen LogP contribution in [0.5, 0.6) is 0 Å². The van der Waals surface area contributed by atoms with Crippen LogP contribution >= 0.6 is 0 Å². The lowest BCUT2D eigenvalue weighted by atomic mass is 9.81. The first-order valence-corrected chi connectivity index (χ1v) is 9.30. The molecule has 24 heavy (non-hydrogen) atoms. The first-order valence-electron chi connectivity index (χ1n) is 9.30. The van der Waals surface area contributed by atoms with Crippen LogP contribution in [0.4, 0.5) is 0 Å². The molecule has 0 rings (SSSR count). The molecule has 0 radical (unpaired) electrons. The number of unbranched alkanes of at least 4 members (excludes halogenated alkanes) is 3. The van der Waals surface area contributed by atoms with Gasteiger partial charge in [0, 0.05) is 6.61 Å². The summed E-state index contributed by atoms with van der Waals surface area (Å²) in [5.74, 6) is -1.36. The molecule has 6 nitrogen and oxygen atoms in total. The molecule has 146 valence electrons. The summed E-state index contributed by atoms with van der Waals surface area (Å²) in [6.07, 6.45) is 5.46. The van der Waals surface area contributed by atoms with Gasteiger partial charge in [-0.25, -0.2) is 0 Å². The third-order valence-corrected chi connectivity index (χ3v) is 4.32. The van der Waals surface area contributed by atoms with E-state index in [4.69, 9.17) is 14.2 Å². The summed E-state index contributed by atoms with van der Waals surface area (Å²) in [6, 6.07) is 0. The van der Waals surface area contributed by atoms with Crippen molar-refractivity contribution in [2.24, 2.45) is 5.41 Å². The average Bonchev–Trinajstić information content (AvgIpc) is 2.61. The third kappa shape index (κ3) is 6.94. The van der Waals surface area contributed by atoms with E-state index in [1.807, 2.05) is 0 Å². The van der Waals surface area contributed by atoms with Gasteiger partial charge in [0.2, 0.25) is 5.79 Å². The molecule has 0 amide bonds. The topological polar surface area (TPSA) is 88.4 Å². The van der Waals surface area contributed by atoms with E-state index in [9.17, 15) is 15.3 Å². The molecule has 0 saturated heterocycles. The quantitative estimate of drug-likeness (QED) is 0.275. The molecule has 3 N–H and O–H groups in total. The van der Waals surface area contributed by atoms with Crippen LogP contribution in [0.3, 0.4) is 0 Å². The van der Waals surface area contributed by atoms with Crippen LogP contribution in [0.25, 0.3) is 0 Å². The van der Waals surface area contributed by atoms with Gasteiger partial charge < -0.3 is 29.5 Å². The maximum Gasteiger partial charge on any atom is 0.204 e. The highest BCUT2D eigenvalue weighted by molar-refractivity contribution is 4.94. The number of aliphatic hydroxyl groups excluding tert-OH is 3. The molecule has 0 bridgehead atoms. The summed E-state index contributed by atoms with van der Waals surface area (Å²) in [6.45, 7) is 6.29. The van der Waals surface area contributed by atoms with Crippen molar-refractivity contribution in [2.45, 2.75) is 65.1 Å². The minimum Gasteiger partial charge on any atom is -0.395 e. The number of hydrogen-bond donors (Lipinski definition) is 3. The SMILES string of the molecule is CCCCOCC(OCCCC)(OCCCC)C(CO)(CO)CO. The van der Waals surface area contributed by atoms with E-state index in [0.717, 1.165) is 38.5 Å². The Morgan fingerprint density at radius 2 is 1.08 bits per heavy atom. The number of rotatable bonds is 17. The lowest BCUT2D eigenvalue weighted by Gasteiger charge is -2.46. The van der Waals surface area contributed by atoms with E-state index in [2.05, 4.69) is 20.8 Å². The van der Waals surface area contributed by atoms with Gasteiger partial charge in [0.15, 0.2) is 0 Å². The maximum atomic E-state index is 9.89. The van der Waals surface area contributed by atoms with Crippen LogP contribution in [-0.4, -0.2) is 67.4 Å². The Bertz CT molecular complexity index is 262. The molecule has 6 heteroatoms. The fraction of sp³-hybridized carbons (Fsp3) is 1.00. The second-order valence-electron chi connectivity index (χ2n) is 6.32. The van der Waals surface area contributed by atoms with Crippen LogP contribution in [0.1, 0.15) is 59.3 Å². The van der Waals surface area contributed by atoms with Gasteiger partial charge in [-0.05, 0) is 19.3 Å². The monoisotopic (exact) mass is 350 g/mol. The van der Waals surface area contributed by atoms with Crippen LogP contribution < -0.4 is 0 Å². The Kier molecular flexibility index (Phi) is 13.8. The van der Waals surface area contributed by atoms with Gasteiger partial charge in [-0.1, -0.05) is 40.0 Å². The molecule has 0 aromatic heterocycles. The summed E-state index contributed by atoms with van der Waals surface area (Å²) in [7, 11) is 0. The van der Waals surface area contributed by atoms with Crippen molar-refractivity contribution in [1.29, 1.82) is 0 Å². The van der Waals surface area contributed by atoms with Crippen molar-refractivity contribution in [3.63, 3.8) is 0 Å². The van der Waals surface area contributed by atoms with E-state index in [1.165, 1.54) is 0 Å². The zero-order valence-corrected chi connectivity index (χ0v) is 15.8. The molecule has 0 atom stereocenters. The van der Waals surface area contributed by atoms with Crippen LogP contribution in [0, 0.1) is 5.41 Å². The average molecular weight is 350 g/mol. The van der Waals surface area contributed by atoms with Gasteiger partial charge in [0.1, 0.15) is 6.61 Å². The molecule has 0 aromatic rings. The summed E-state index contributed by atoms with van der Waals surface area (Å²) < 4.78 is 17.7. The summed E-state index contributed by atoms with van der Waals surface area (Å²) >= 11 is 0. The van der Waals surface area contributed by atoms with Gasteiger partial charge in [-0.15, -0.1) is 0 Å². The van der Waals surface area contributed by atoms with Crippen LogP contribution in [0.2, 0.25) is 0 Å². The number of ether oxygens (including phenoxy) is 3. The summed E-state index contributed by atoms with van der Waals surface area (Å²) in [4.78, 5) is 0. The van der Waals surface area contributed by atoms with Gasteiger partial charge >= 0.3 is 0 Å². The van der Waals surface area contributed by atoms with Gasteiger partial charge in [0.05, 0.1) is 38.4 Å². The molecule has 0 spiro atoms. The molecular formula is C18H38O6. The fourth-order valence-corrected chi connectivity index (χ4v) is 2.31. The Morgan fingerprint density at radius 1 is 0.667 bits per heavy atom. The van der Waals surface area contributed by atoms with E-state index >= 15 is 0 Å². The molecular weight excluding hydrogens is 312 g/mol. The highest BCUT2D eigenvalue weighted by Crippen LogP contribution is 2.36. The third-order valence-electron chi connectivity index (χ3n) is 4.32. The predicted molar refractivity (Wildman–Crippen MR) is 93.9 cm³/mol. The molecule has 0 saturated carbocycles. The van der Waals surface area contributed by atoms with Crippen LogP contribution in [0.15, 0.2) is 0 Å². The minimum atomic E-state index is -1.36. The Labute approximate surface area is 147 Å². The molecule has 0 aliphatic heterocycles. The molecule has 0 heterocycles. The largest absolute Gasteiger partial charge is 0.395 e. The van der Waals surface area contributed by atoms with Gasteiger partial charge in [-0.2, -0.15) is 0 Å². The minimum absolute atomic E-state index is 0.0715. The molecule has 0 fully saturated rings. The zero-order chi connectivity index (χ0) is 18.3. The Hall–Kier alpha value is -0.240. The second-order valence-corrected chi connectivity index (χ2v) is 6.32. The highest BCUT2D eigenvalue weighted by Gasteiger charge is 2.53. The van der Waals surface area contributed by atoms with E-state index in [0.29, 0.717) is 19.8 Å². The summed E-state index contributed by atoms with van der Waals surface area (Å²) in [5.41, 5.74) is -1.32. The predicted octanol–water partition coefficient (Wildman–Crippen LogP) is 2.10. The molecule has 0 unspecified atom stereocenters. The van der Waals surface area contributed by atoms with Crippen LogP contribution in [-0.2, 0) is 14.2 Å². The summed E-state index contributed by atoms with van der Waals surface area (Å²) in [5, 5.41) is 29.7. The van der Waals surface area contributed by atoms with E-state index < -0.39 is 31.0 Å². The lowest BCUT2D eigenvalue weighted by Crippen LogP contribution is -2.61. The zero-order valence-electron chi connectivity index (χ0n) is 15.8. The maximum absolute atomic E-state index is 9.89. The normalized spacial score (nSPS) is 12.8. The Morgan fingerprint density at radius 3 is 1.46 bits per heavy atom. The number of aliphatic hydroxyl groups is 3. The van der Waals surface area contributed by atoms with Crippen molar-refractivity contribution in [3.8, 4) is 0 Å². The fourth-order valence-electron chi connectivity index (χ4n) is 2.31. The molecule has 0 aromatic carbocycles. The molecule has 0 aliphatic rings. The molecule has 0 aliphatic carbocycles. The second kappa shape index (κ2) is 14.0. The van der Waals surface area contributed by atoms with Crippen molar-refractivity contribution in [3.05, 3.63) is 0 Å². The van der Waals surface area contributed by atoms with E-state index in [1.54, 1.807) is 0 Å². The van der Waals surface area contributed by atoms with Crippen molar-refractivity contribution in [2.75, 3.05) is 46.2 Å².